The van der Waals surface area contributed by atoms with Crippen molar-refractivity contribution in [2.75, 3.05) is 6.61 Å². The molecule has 6 nitrogen and oxygen atoms in total. The van der Waals surface area contributed by atoms with E-state index in [-0.39, 0.29) is 16.8 Å². The van der Waals surface area contributed by atoms with Gasteiger partial charge in [-0.1, -0.05) is 38.1 Å². The molecule has 0 aliphatic rings. The average Bonchev–Trinajstić information content (AvgIpc) is 2.79. The van der Waals surface area contributed by atoms with Crippen LogP contribution in [-0.2, 0) is 9.16 Å². The Morgan fingerprint density at radius 1 is 1.40 bits per heavy atom. The second kappa shape index (κ2) is 7.84. The monoisotopic (exact) mass is 369 g/mol. The van der Waals surface area contributed by atoms with Crippen LogP contribution in [0.3, 0.4) is 0 Å². The van der Waals surface area contributed by atoms with E-state index in [0.717, 1.165) is 5.57 Å². The average molecular weight is 370 g/mol. The van der Waals surface area contributed by atoms with Crippen LogP contribution in [0.4, 0.5) is 0 Å². The van der Waals surface area contributed by atoms with Gasteiger partial charge in [0.2, 0.25) is 0 Å². The van der Waals surface area contributed by atoms with Crippen molar-refractivity contribution in [1.82, 2.24) is 5.16 Å². The Kier molecular flexibility index (Phi) is 6.78. The van der Waals surface area contributed by atoms with E-state index in [0.29, 0.717) is 17.9 Å². The number of nitrogens with zero attached hydrogens (tertiary/aromatic N) is 1. The van der Waals surface area contributed by atoms with Crippen molar-refractivity contribution >= 4 is 14.3 Å². The van der Waals surface area contributed by atoms with Gasteiger partial charge < -0.3 is 18.8 Å². The number of carboxylic acids is 1. The molecule has 25 heavy (non-hydrogen) atoms. The topological polar surface area (TPSA) is 81.8 Å². The van der Waals surface area contributed by atoms with Crippen molar-refractivity contribution < 1.29 is 23.6 Å². The fraction of sp³-hybridized carbons (Fsp3) is 0.667. The molecule has 0 aliphatic heterocycles. The largest absolute Gasteiger partial charge is 0.476 e. The Labute approximate surface area is 151 Å². The molecule has 0 saturated heterocycles. The molecule has 0 unspecified atom stereocenters. The van der Waals surface area contributed by atoms with Crippen LogP contribution >= 0.6 is 0 Å². The van der Waals surface area contributed by atoms with E-state index in [1.54, 1.807) is 6.92 Å². The van der Waals surface area contributed by atoms with Crippen molar-refractivity contribution in [2.45, 2.75) is 71.9 Å². The minimum atomic E-state index is -2.03. The maximum absolute atomic E-state index is 11.3. The summed E-state index contributed by atoms with van der Waals surface area (Å²) in [6.07, 6.45) is -0.861. The van der Waals surface area contributed by atoms with Gasteiger partial charge in [0.1, 0.15) is 6.10 Å². The highest BCUT2D eigenvalue weighted by molar-refractivity contribution is 6.74. The zero-order valence-corrected chi connectivity index (χ0v) is 17.6. The maximum Gasteiger partial charge on any atom is 0.358 e. The molecule has 7 heteroatoms. The van der Waals surface area contributed by atoms with E-state index in [1.807, 2.05) is 13.8 Å². The molecule has 0 fully saturated rings. The SMILES string of the molecule is C=C(C)CO[C@@H](c1onc(C(=O)O)c1C)[C@H](C)O[Si](C)(C)C(C)(C)C. The molecule has 2 atom stereocenters. The molecule has 0 aromatic carbocycles. The third kappa shape index (κ3) is 5.26. The molecule has 0 aliphatic carbocycles. The first-order chi connectivity index (χ1) is 11.3. The van der Waals surface area contributed by atoms with Crippen LogP contribution in [0.15, 0.2) is 16.7 Å². The Hall–Kier alpha value is -1.44. The van der Waals surface area contributed by atoms with Crippen LogP contribution in [0.25, 0.3) is 0 Å². The van der Waals surface area contributed by atoms with Crippen LogP contribution in [0.2, 0.25) is 18.1 Å². The number of rotatable bonds is 8. The molecule has 0 bridgehead atoms. The summed E-state index contributed by atoms with van der Waals surface area (Å²) in [5.41, 5.74) is 1.23. The van der Waals surface area contributed by atoms with Crippen molar-refractivity contribution in [3.8, 4) is 0 Å². The van der Waals surface area contributed by atoms with Crippen molar-refractivity contribution in [2.24, 2.45) is 0 Å². The minimum Gasteiger partial charge on any atom is -0.476 e. The van der Waals surface area contributed by atoms with Gasteiger partial charge >= 0.3 is 5.97 Å². The van der Waals surface area contributed by atoms with Gasteiger partial charge in [0.05, 0.1) is 12.7 Å². The summed E-state index contributed by atoms with van der Waals surface area (Å²) in [4.78, 5) is 11.3. The number of hydrogen-bond donors (Lipinski definition) is 1. The summed E-state index contributed by atoms with van der Waals surface area (Å²) in [5.74, 6) is -0.728. The molecule has 1 heterocycles. The third-order valence-corrected chi connectivity index (χ3v) is 9.22. The number of hydrogen-bond acceptors (Lipinski definition) is 5. The first kappa shape index (κ1) is 21.6. The number of aromatic nitrogens is 1. The summed E-state index contributed by atoms with van der Waals surface area (Å²) in [6, 6.07) is 0. The first-order valence-corrected chi connectivity index (χ1v) is 11.3. The summed E-state index contributed by atoms with van der Waals surface area (Å²) in [6.45, 7) is 20.5. The molecule has 1 N–H and O–H groups in total. The van der Waals surface area contributed by atoms with Crippen molar-refractivity contribution in [3.05, 3.63) is 29.2 Å². The molecule has 0 saturated carbocycles. The zero-order chi connectivity index (χ0) is 19.6. The molecule has 1 aromatic heterocycles. The Bertz CT molecular complexity index is 630. The highest BCUT2D eigenvalue weighted by Gasteiger charge is 2.41. The molecule has 142 valence electrons. The molecular formula is C18H31NO5Si. The molecule has 0 radical (unpaired) electrons. The lowest BCUT2D eigenvalue weighted by atomic mass is 10.1. The number of carbonyl (C=O) groups is 1. The summed E-state index contributed by atoms with van der Waals surface area (Å²) >= 11 is 0. The van der Waals surface area contributed by atoms with E-state index >= 15 is 0 Å². The number of ether oxygens (including phenoxy) is 1. The standard InChI is InChI=1S/C18H31NO5Si/c1-11(2)10-22-16(13(4)24-25(8,9)18(5,6)7)15-12(3)14(17(20)21)19-23-15/h13,16H,1,10H2,2-9H3,(H,20,21)/t13-,16+/m0/s1. The van der Waals surface area contributed by atoms with E-state index in [2.05, 4.69) is 45.6 Å². The van der Waals surface area contributed by atoms with E-state index < -0.39 is 20.4 Å². The van der Waals surface area contributed by atoms with E-state index in [9.17, 15) is 9.90 Å². The Balaban J connectivity index is 3.16. The van der Waals surface area contributed by atoms with Crippen molar-refractivity contribution in [3.63, 3.8) is 0 Å². The van der Waals surface area contributed by atoms with Crippen LogP contribution in [0.5, 0.6) is 0 Å². The van der Waals surface area contributed by atoms with Gasteiger partial charge in [-0.2, -0.15) is 0 Å². The van der Waals surface area contributed by atoms with E-state index in [1.165, 1.54) is 0 Å². The van der Waals surface area contributed by atoms with Crippen LogP contribution < -0.4 is 0 Å². The number of carboxylic acid groups (broad SMARTS) is 1. The van der Waals surface area contributed by atoms with Crippen LogP contribution in [0, 0.1) is 6.92 Å². The van der Waals surface area contributed by atoms with Gasteiger partial charge in [0.15, 0.2) is 19.8 Å². The van der Waals surface area contributed by atoms with Gasteiger partial charge in [0, 0.05) is 5.56 Å². The lowest BCUT2D eigenvalue weighted by Crippen LogP contribution is -2.45. The predicted octanol–water partition coefficient (Wildman–Crippen LogP) is 4.73. The lowest BCUT2D eigenvalue weighted by molar-refractivity contribution is -0.0308. The van der Waals surface area contributed by atoms with Gasteiger partial charge in [-0.15, -0.1) is 0 Å². The fourth-order valence-corrected chi connectivity index (χ4v) is 3.58. The second-order valence-corrected chi connectivity index (χ2v) is 12.9. The summed E-state index contributed by atoms with van der Waals surface area (Å²) in [5, 5.41) is 12.9. The molecule has 1 rings (SSSR count). The predicted molar refractivity (Wildman–Crippen MR) is 99.5 cm³/mol. The summed E-state index contributed by atoms with van der Waals surface area (Å²) < 4.78 is 17.7. The van der Waals surface area contributed by atoms with Gasteiger partial charge in [-0.3, -0.25) is 0 Å². The highest BCUT2D eigenvalue weighted by atomic mass is 28.4. The van der Waals surface area contributed by atoms with Crippen LogP contribution in [0.1, 0.15) is 62.5 Å². The Morgan fingerprint density at radius 2 is 1.96 bits per heavy atom. The van der Waals surface area contributed by atoms with E-state index in [4.69, 9.17) is 13.7 Å². The number of aromatic carboxylic acids is 1. The molecule has 0 spiro atoms. The van der Waals surface area contributed by atoms with Crippen molar-refractivity contribution in [1.29, 1.82) is 0 Å². The van der Waals surface area contributed by atoms with Crippen LogP contribution in [-0.4, -0.2) is 37.3 Å². The molecule has 0 amide bonds. The quantitative estimate of drug-likeness (QED) is 0.527. The fourth-order valence-electron chi connectivity index (χ4n) is 2.17. The summed E-state index contributed by atoms with van der Waals surface area (Å²) in [7, 11) is -2.03. The maximum atomic E-state index is 11.3. The second-order valence-electron chi connectivity index (χ2n) is 8.10. The minimum absolute atomic E-state index is 0.0445. The normalized spacial score (nSPS) is 15.0. The highest BCUT2D eigenvalue weighted by Crippen LogP contribution is 2.39. The molecule has 1 aromatic rings. The first-order valence-electron chi connectivity index (χ1n) is 8.41. The molecular weight excluding hydrogens is 338 g/mol. The van der Waals surface area contributed by atoms with Gasteiger partial charge in [-0.05, 0) is 38.9 Å². The smallest absolute Gasteiger partial charge is 0.358 e. The zero-order valence-electron chi connectivity index (χ0n) is 16.6. The van der Waals surface area contributed by atoms with Gasteiger partial charge in [-0.25, -0.2) is 4.79 Å². The third-order valence-electron chi connectivity index (χ3n) is 4.64. The van der Waals surface area contributed by atoms with Gasteiger partial charge in [0.25, 0.3) is 0 Å². The lowest BCUT2D eigenvalue weighted by Gasteiger charge is -2.40. The Morgan fingerprint density at radius 3 is 2.36 bits per heavy atom.